The Balaban J connectivity index is 1.24. The normalized spacial score (nSPS) is 26.2. The second kappa shape index (κ2) is 14.6. The fourth-order valence-corrected chi connectivity index (χ4v) is 6.40. The van der Waals surface area contributed by atoms with Gasteiger partial charge in [-0.1, -0.05) is 76.1 Å². The van der Waals surface area contributed by atoms with E-state index in [4.69, 9.17) is 5.26 Å². The first-order valence-electron chi connectivity index (χ1n) is 14.0. The highest BCUT2D eigenvalue weighted by Gasteiger charge is 2.30. The monoisotopic (exact) mass is 451 g/mol. The molecule has 0 bridgehead atoms. The number of nitriles is 1. The van der Waals surface area contributed by atoms with Crippen LogP contribution in [0.25, 0.3) is 0 Å². The van der Waals surface area contributed by atoms with Crippen LogP contribution in [0.1, 0.15) is 114 Å². The van der Waals surface area contributed by atoms with E-state index in [-0.39, 0.29) is 0 Å². The summed E-state index contributed by atoms with van der Waals surface area (Å²) in [5.41, 5.74) is 3.01. The highest BCUT2D eigenvalue weighted by atomic mass is 19.1. The van der Waals surface area contributed by atoms with Crippen molar-refractivity contribution in [2.24, 2.45) is 23.7 Å². The van der Waals surface area contributed by atoms with Crippen molar-refractivity contribution >= 4 is 0 Å². The molecule has 0 aliphatic heterocycles. The lowest BCUT2D eigenvalue weighted by atomic mass is 9.68. The molecular formula is C31H46FN. The number of aryl methyl sites for hydroxylation is 2. The number of nitrogens with zero attached hydrogens (tertiary/aromatic N) is 1. The molecule has 182 valence electrons. The summed E-state index contributed by atoms with van der Waals surface area (Å²) in [6.45, 7) is 2.26. The van der Waals surface area contributed by atoms with Gasteiger partial charge in [0.15, 0.2) is 5.83 Å². The van der Waals surface area contributed by atoms with E-state index in [9.17, 15) is 4.39 Å². The quantitative estimate of drug-likeness (QED) is 0.229. The Hall–Kier alpha value is -1.62. The molecule has 2 saturated carbocycles. The van der Waals surface area contributed by atoms with E-state index in [0.717, 1.165) is 36.5 Å². The molecule has 1 aromatic carbocycles. The van der Waals surface area contributed by atoms with Gasteiger partial charge in [-0.3, -0.25) is 0 Å². The first-order valence-corrected chi connectivity index (χ1v) is 14.0. The van der Waals surface area contributed by atoms with Gasteiger partial charge < -0.3 is 0 Å². The summed E-state index contributed by atoms with van der Waals surface area (Å²) in [4.78, 5) is 0. The first-order chi connectivity index (χ1) is 16.2. The van der Waals surface area contributed by atoms with Crippen molar-refractivity contribution in [1.82, 2.24) is 0 Å². The Morgan fingerprint density at radius 1 is 0.818 bits per heavy atom. The summed E-state index contributed by atoms with van der Waals surface area (Å²) in [6.07, 6.45) is 23.6. The van der Waals surface area contributed by atoms with Crippen LogP contribution >= 0.6 is 0 Å². The Labute approximate surface area is 202 Å². The van der Waals surface area contributed by atoms with E-state index >= 15 is 0 Å². The predicted molar refractivity (Wildman–Crippen MR) is 138 cm³/mol. The maximum atomic E-state index is 12.9. The lowest BCUT2D eigenvalue weighted by molar-refractivity contribution is 0.140. The standard InChI is InChI=1S/C31H46FN/c1-2-3-7-25-12-14-26(15-13-25)8-4-5-9-27-16-20-29(21-17-27)30-22-18-28(19-23-30)10-6-11-31(32)24-33/h11-15,27-30H,2-10,16-23H2,1H3/b31-11-/t27-,28?,29-,30?. The van der Waals surface area contributed by atoms with E-state index < -0.39 is 5.83 Å². The molecule has 2 fully saturated rings. The number of rotatable bonds is 12. The fourth-order valence-electron chi connectivity index (χ4n) is 6.40. The number of halogens is 1. The molecule has 0 radical (unpaired) electrons. The third-order valence-electron chi connectivity index (χ3n) is 8.62. The van der Waals surface area contributed by atoms with Crippen molar-refractivity contribution in [3.63, 3.8) is 0 Å². The van der Waals surface area contributed by atoms with Crippen LogP contribution < -0.4 is 0 Å². The minimum atomic E-state index is -0.614. The molecule has 1 aromatic rings. The van der Waals surface area contributed by atoms with Gasteiger partial charge in [-0.2, -0.15) is 9.65 Å². The van der Waals surface area contributed by atoms with Crippen molar-refractivity contribution in [3.05, 3.63) is 47.3 Å². The molecule has 33 heavy (non-hydrogen) atoms. The zero-order valence-electron chi connectivity index (χ0n) is 21.0. The minimum absolute atomic E-state index is 0.614. The lowest BCUT2D eigenvalue weighted by Gasteiger charge is -2.38. The highest BCUT2D eigenvalue weighted by Crippen LogP contribution is 2.43. The molecule has 0 N–H and O–H groups in total. The first kappa shape index (κ1) is 26.0. The maximum Gasteiger partial charge on any atom is 0.196 e. The van der Waals surface area contributed by atoms with Crippen LogP contribution in [-0.4, -0.2) is 0 Å². The van der Waals surface area contributed by atoms with E-state index in [1.807, 2.05) is 0 Å². The third kappa shape index (κ3) is 9.27. The van der Waals surface area contributed by atoms with Crippen molar-refractivity contribution in [2.45, 2.75) is 116 Å². The van der Waals surface area contributed by atoms with Crippen LogP contribution in [-0.2, 0) is 12.8 Å². The lowest BCUT2D eigenvalue weighted by Crippen LogP contribution is -2.25. The molecule has 2 aliphatic carbocycles. The van der Waals surface area contributed by atoms with Gasteiger partial charge in [-0.15, -0.1) is 0 Å². The largest absolute Gasteiger partial charge is 0.196 e. The van der Waals surface area contributed by atoms with Crippen molar-refractivity contribution in [2.75, 3.05) is 0 Å². The van der Waals surface area contributed by atoms with Gasteiger partial charge in [-0.25, -0.2) is 0 Å². The molecule has 0 atom stereocenters. The number of hydrogen-bond donors (Lipinski definition) is 0. The summed E-state index contributed by atoms with van der Waals surface area (Å²) in [5, 5.41) is 8.51. The van der Waals surface area contributed by atoms with Gasteiger partial charge in [0.25, 0.3) is 0 Å². The molecule has 0 aromatic heterocycles. The third-order valence-corrected chi connectivity index (χ3v) is 8.62. The van der Waals surface area contributed by atoms with Crippen molar-refractivity contribution in [1.29, 1.82) is 5.26 Å². The summed E-state index contributed by atoms with van der Waals surface area (Å²) < 4.78 is 12.9. The zero-order valence-corrected chi connectivity index (χ0v) is 21.0. The molecule has 0 unspecified atom stereocenters. The fraction of sp³-hybridized carbons (Fsp3) is 0.710. The average Bonchev–Trinajstić information content (AvgIpc) is 2.87. The van der Waals surface area contributed by atoms with Crippen LogP contribution in [0.4, 0.5) is 4.39 Å². The molecule has 0 amide bonds. The van der Waals surface area contributed by atoms with Crippen LogP contribution in [0.3, 0.4) is 0 Å². The second-order valence-corrected chi connectivity index (χ2v) is 11.0. The minimum Gasteiger partial charge on any atom is -0.195 e. The second-order valence-electron chi connectivity index (χ2n) is 11.0. The van der Waals surface area contributed by atoms with Crippen molar-refractivity contribution in [3.8, 4) is 6.07 Å². The Morgan fingerprint density at radius 3 is 1.85 bits per heavy atom. The highest BCUT2D eigenvalue weighted by molar-refractivity contribution is 5.22. The SMILES string of the molecule is CCCCc1ccc(CCCC[C@H]2CC[C@H](C3CCC(CC/C=C(\F)C#N)CC3)CC2)cc1. The maximum absolute atomic E-state index is 12.9. The van der Waals surface area contributed by atoms with Gasteiger partial charge in [0.05, 0.1) is 0 Å². The molecule has 0 heterocycles. The molecular weight excluding hydrogens is 405 g/mol. The van der Waals surface area contributed by atoms with Crippen LogP contribution in [0.2, 0.25) is 0 Å². The number of benzene rings is 1. The molecule has 2 aliphatic rings. The molecule has 2 heteroatoms. The summed E-state index contributed by atoms with van der Waals surface area (Å²) in [7, 11) is 0. The van der Waals surface area contributed by atoms with Crippen LogP contribution in [0.15, 0.2) is 36.2 Å². The van der Waals surface area contributed by atoms with Crippen LogP contribution in [0, 0.1) is 35.0 Å². The van der Waals surface area contributed by atoms with Gasteiger partial charge in [0.1, 0.15) is 6.07 Å². The Kier molecular flexibility index (Phi) is 11.5. The van der Waals surface area contributed by atoms with E-state index in [1.165, 1.54) is 114 Å². The van der Waals surface area contributed by atoms with E-state index in [1.54, 1.807) is 6.07 Å². The van der Waals surface area contributed by atoms with Gasteiger partial charge in [-0.05, 0) is 105 Å². The average molecular weight is 452 g/mol. The molecule has 1 nitrogen and oxygen atoms in total. The zero-order chi connectivity index (χ0) is 23.3. The number of allylic oxidation sites excluding steroid dienone is 2. The van der Waals surface area contributed by atoms with Crippen LogP contribution in [0.5, 0.6) is 0 Å². The Morgan fingerprint density at radius 2 is 1.33 bits per heavy atom. The topological polar surface area (TPSA) is 23.8 Å². The van der Waals surface area contributed by atoms with Gasteiger partial charge >= 0.3 is 0 Å². The van der Waals surface area contributed by atoms with E-state index in [0.29, 0.717) is 0 Å². The molecule has 3 rings (SSSR count). The summed E-state index contributed by atoms with van der Waals surface area (Å²) in [6, 6.07) is 11.0. The molecule has 0 spiro atoms. The molecule has 0 saturated heterocycles. The number of hydrogen-bond acceptors (Lipinski definition) is 1. The number of unbranched alkanes of at least 4 members (excludes halogenated alkanes) is 2. The smallest absolute Gasteiger partial charge is 0.195 e. The van der Waals surface area contributed by atoms with Crippen molar-refractivity contribution < 1.29 is 4.39 Å². The summed E-state index contributed by atoms with van der Waals surface area (Å²) >= 11 is 0. The van der Waals surface area contributed by atoms with Gasteiger partial charge in [0.2, 0.25) is 0 Å². The van der Waals surface area contributed by atoms with E-state index in [2.05, 4.69) is 31.2 Å². The predicted octanol–water partition coefficient (Wildman–Crippen LogP) is 9.51. The summed E-state index contributed by atoms with van der Waals surface area (Å²) in [5.74, 6) is 3.00. The van der Waals surface area contributed by atoms with Gasteiger partial charge in [0, 0.05) is 0 Å². The Bertz CT molecular complexity index is 727.